The molecule has 0 radical (unpaired) electrons. The molecular formula is C17H17N5OS. The average Bonchev–Trinajstić information content (AvgIpc) is 3.38. The number of benzene rings is 1. The number of nitrogens with zero attached hydrogens (tertiary/aromatic N) is 3. The highest BCUT2D eigenvalue weighted by molar-refractivity contribution is 7.21. The number of carbonyl (C=O) groups excluding carboxylic acids is 1. The molecule has 6 nitrogen and oxygen atoms in total. The van der Waals surface area contributed by atoms with Crippen LogP contribution in [0.15, 0.2) is 30.3 Å². The number of primary amides is 1. The summed E-state index contributed by atoms with van der Waals surface area (Å²) in [5.41, 5.74) is 13.7. The van der Waals surface area contributed by atoms with Gasteiger partial charge in [-0.1, -0.05) is 30.3 Å². The molecule has 4 N–H and O–H groups in total. The number of nitrogens with two attached hydrogens (primary N) is 2. The molecule has 2 aromatic heterocycles. The van der Waals surface area contributed by atoms with E-state index in [1.807, 2.05) is 37.4 Å². The summed E-state index contributed by atoms with van der Waals surface area (Å²) >= 11 is 1.23. The van der Waals surface area contributed by atoms with E-state index in [4.69, 9.17) is 16.5 Å². The van der Waals surface area contributed by atoms with Gasteiger partial charge in [0.25, 0.3) is 5.91 Å². The van der Waals surface area contributed by atoms with E-state index < -0.39 is 5.91 Å². The summed E-state index contributed by atoms with van der Waals surface area (Å²) in [5, 5.41) is 0.702. The molecule has 0 aliphatic heterocycles. The minimum absolute atomic E-state index is 0.336. The molecule has 0 spiro atoms. The zero-order valence-electron chi connectivity index (χ0n) is 13.2. The molecule has 0 saturated heterocycles. The normalized spacial score (nSPS) is 14.0. The summed E-state index contributed by atoms with van der Waals surface area (Å²) in [5.74, 6) is 0.118. The van der Waals surface area contributed by atoms with Crippen molar-refractivity contribution >= 4 is 39.1 Å². The smallest absolute Gasteiger partial charge is 0.260 e. The summed E-state index contributed by atoms with van der Waals surface area (Å²) in [7, 11) is 2.00. The summed E-state index contributed by atoms with van der Waals surface area (Å²) in [6.07, 6.45) is 2.30. The van der Waals surface area contributed by atoms with E-state index in [1.54, 1.807) is 0 Å². The molecule has 0 bridgehead atoms. The van der Waals surface area contributed by atoms with Crippen molar-refractivity contribution in [1.82, 2.24) is 9.97 Å². The van der Waals surface area contributed by atoms with Gasteiger partial charge in [0.1, 0.15) is 9.71 Å². The lowest BCUT2D eigenvalue weighted by atomic mass is 10.1. The molecule has 1 fully saturated rings. The molecule has 122 valence electrons. The van der Waals surface area contributed by atoms with Crippen LogP contribution in [0.3, 0.4) is 0 Å². The van der Waals surface area contributed by atoms with E-state index in [1.165, 1.54) is 11.3 Å². The van der Waals surface area contributed by atoms with Gasteiger partial charge in [-0.15, -0.1) is 11.3 Å². The number of nitrogen functional groups attached to an aromatic ring is 1. The van der Waals surface area contributed by atoms with Gasteiger partial charge in [-0.05, 0) is 12.8 Å². The first-order valence-electron chi connectivity index (χ1n) is 7.74. The van der Waals surface area contributed by atoms with Crippen molar-refractivity contribution in [3.05, 3.63) is 35.2 Å². The molecule has 4 rings (SSSR count). The number of fused-ring (bicyclic) bond motifs is 1. The number of hydrogen-bond acceptors (Lipinski definition) is 6. The van der Waals surface area contributed by atoms with Crippen LogP contribution in [-0.4, -0.2) is 29.0 Å². The van der Waals surface area contributed by atoms with E-state index in [0.717, 1.165) is 24.1 Å². The minimum Gasteiger partial charge on any atom is -0.397 e. The average molecular weight is 339 g/mol. The third kappa shape index (κ3) is 2.37. The van der Waals surface area contributed by atoms with Crippen molar-refractivity contribution in [2.75, 3.05) is 17.7 Å². The van der Waals surface area contributed by atoms with Crippen LogP contribution in [0.1, 0.15) is 22.5 Å². The number of carbonyl (C=O) groups is 1. The van der Waals surface area contributed by atoms with Crippen molar-refractivity contribution < 1.29 is 4.79 Å². The summed E-state index contributed by atoms with van der Waals surface area (Å²) in [6, 6.07) is 10.3. The zero-order valence-corrected chi connectivity index (χ0v) is 14.0. The second-order valence-corrected chi connectivity index (χ2v) is 6.97. The van der Waals surface area contributed by atoms with Crippen LogP contribution in [0.2, 0.25) is 0 Å². The third-order valence-corrected chi connectivity index (χ3v) is 5.37. The van der Waals surface area contributed by atoms with Gasteiger partial charge in [-0.25, -0.2) is 9.97 Å². The van der Waals surface area contributed by atoms with Gasteiger partial charge in [-0.2, -0.15) is 0 Å². The zero-order chi connectivity index (χ0) is 16.8. The van der Waals surface area contributed by atoms with Gasteiger partial charge in [0.05, 0.1) is 16.8 Å². The molecule has 0 atom stereocenters. The Morgan fingerprint density at radius 2 is 1.96 bits per heavy atom. The molecular weight excluding hydrogens is 322 g/mol. The monoisotopic (exact) mass is 339 g/mol. The number of anilines is 2. The van der Waals surface area contributed by atoms with Crippen LogP contribution in [0.4, 0.5) is 11.6 Å². The van der Waals surface area contributed by atoms with Crippen molar-refractivity contribution in [3.63, 3.8) is 0 Å². The highest BCUT2D eigenvalue weighted by atomic mass is 32.1. The van der Waals surface area contributed by atoms with Crippen molar-refractivity contribution in [3.8, 4) is 11.3 Å². The van der Waals surface area contributed by atoms with Gasteiger partial charge in [-0.3, -0.25) is 4.79 Å². The van der Waals surface area contributed by atoms with Gasteiger partial charge >= 0.3 is 0 Å². The van der Waals surface area contributed by atoms with Crippen LogP contribution in [0, 0.1) is 0 Å². The lowest BCUT2D eigenvalue weighted by Crippen LogP contribution is -2.22. The third-order valence-electron chi connectivity index (χ3n) is 4.26. The van der Waals surface area contributed by atoms with E-state index in [-0.39, 0.29) is 0 Å². The van der Waals surface area contributed by atoms with Crippen LogP contribution in [-0.2, 0) is 0 Å². The lowest BCUT2D eigenvalue weighted by Gasteiger charge is -2.17. The van der Waals surface area contributed by atoms with Gasteiger partial charge in [0, 0.05) is 18.7 Å². The van der Waals surface area contributed by atoms with Crippen molar-refractivity contribution in [1.29, 1.82) is 0 Å². The number of amides is 1. The Morgan fingerprint density at radius 1 is 1.25 bits per heavy atom. The molecule has 7 heteroatoms. The first-order chi connectivity index (χ1) is 11.6. The molecule has 1 aromatic carbocycles. The highest BCUT2D eigenvalue weighted by Gasteiger charge is 2.29. The molecule has 1 saturated carbocycles. The van der Waals surface area contributed by atoms with Crippen molar-refractivity contribution in [2.24, 2.45) is 5.73 Å². The molecule has 1 aliphatic rings. The van der Waals surface area contributed by atoms with E-state index >= 15 is 0 Å². The number of thiophene rings is 1. The standard InChI is InChI=1S/C17H17N5OS/c1-22(10-7-8-10)17-20-13(9-5-3-2-4-6-9)11-12(18)14(15(19)23)24-16(11)21-17/h2-6,10H,7-8,18H2,1H3,(H2,19,23). The minimum atomic E-state index is -0.536. The largest absolute Gasteiger partial charge is 0.397 e. The molecule has 3 aromatic rings. The summed E-state index contributed by atoms with van der Waals surface area (Å²) < 4.78 is 0. The van der Waals surface area contributed by atoms with E-state index in [9.17, 15) is 4.79 Å². The van der Waals surface area contributed by atoms with Gasteiger partial charge < -0.3 is 16.4 Å². The molecule has 1 amide bonds. The molecule has 2 heterocycles. The number of aromatic nitrogens is 2. The van der Waals surface area contributed by atoms with E-state index in [2.05, 4.69) is 9.88 Å². The van der Waals surface area contributed by atoms with Crippen LogP contribution in [0.5, 0.6) is 0 Å². The Labute approximate surface area is 143 Å². The fourth-order valence-corrected chi connectivity index (χ4v) is 3.72. The molecule has 0 unspecified atom stereocenters. The fraction of sp³-hybridized carbons (Fsp3) is 0.235. The quantitative estimate of drug-likeness (QED) is 0.761. The van der Waals surface area contributed by atoms with E-state index in [0.29, 0.717) is 32.8 Å². The second kappa shape index (κ2) is 5.45. The summed E-state index contributed by atoms with van der Waals surface area (Å²) in [6.45, 7) is 0. The summed E-state index contributed by atoms with van der Waals surface area (Å²) in [4.78, 5) is 24.2. The van der Waals surface area contributed by atoms with Gasteiger partial charge in [0.2, 0.25) is 5.95 Å². The topological polar surface area (TPSA) is 98.1 Å². The Morgan fingerprint density at radius 3 is 2.58 bits per heavy atom. The maximum absolute atomic E-state index is 11.7. The number of hydrogen-bond donors (Lipinski definition) is 2. The van der Waals surface area contributed by atoms with Crippen molar-refractivity contribution in [2.45, 2.75) is 18.9 Å². The Balaban J connectivity index is 2.00. The highest BCUT2D eigenvalue weighted by Crippen LogP contribution is 2.40. The molecule has 1 aliphatic carbocycles. The Bertz CT molecular complexity index is 933. The number of rotatable bonds is 4. The Kier molecular flexibility index (Phi) is 3.38. The predicted octanol–water partition coefficient (Wildman–Crippen LogP) is 2.64. The second-order valence-electron chi connectivity index (χ2n) is 5.97. The SMILES string of the molecule is CN(c1nc(-c2ccccc2)c2c(N)c(C(N)=O)sc2n1)C1CC1. The maximum Gasteiger partial charge on any atom is 0.260 e. The van der Waals surface area contributed by atoms with Gasteiger partial charge in [0.15, 0.2) is 0 Å². The lowest BCUT2D eigenvalue weighted by molar-refractivity contribution is 0.100. The van der Waals surface area contributed by atoms with Crippen LogP contribution < -0.4 is 16.4 Å². The maximum atomic E-state index is 11.7. The fourth-order valence-electron chi connectivity index (χ4n) is 2.78. The molecule has 24 heavy (non-hydrogen) atoms. The van der Waals surface area contributed by atoms with Crippen LogP contribution in [0.25, 0.3) is 21.5 Å². The first-order valence-corrected chi connectivity index (χ1v) is 8.56. The predicted molar refractivity (Wildman–Crippen MR) is 97.2 cm³/mol. The van der Waals surface area contributed by atoms with Crippen LogP contribution >= 0.6 is 11.3 Å². The Hall–Kier alpha value is -2.67. The first kappa shape index (κ1) is 14.9.